The lowest BCUT2D eigenvalue weighted by Gasteiger charge is -2.11. The van der Waals surface area contributed by atoms with Gasteiger partial charge in [0, 0.05) is 17.0 Å². The smallest absolute Gasteiger partial charge is 0.257 e. The zero-order valence-corrected chi connectivity index (χ0v) is 18.0. The minimum absolute atomic E-state index is 0.130. The lowest BCUT2D eigenvalue weighted by atomic mass is 10.1. The number of aromatic amines is 1. The van der Waals surface area contributed by atoms with Crippen LogP contribution in [0.1, 0.15) is 21.1 Å². The molecule has 0 radical (unpaired) electrons. The molecule has 3 N–H and O–H groups in total. The fourth-order valence-electron chi connectivity index (χ4n) is 2.83. The Morgan fingerprint density at radius 1 is 0.968 bits per heavy atom. The first-order valence-electron chi connectivity index (χ1n) is 9.49. The molecule has 0 atom stereocenters. The molecule has 0 aliphatic rings. The van der Waals surface area contributed by atoms with Gasteiger partial charge in [0.2, 0.25) is 11.1 Å². The fraction of sp³-hybridized carbons (Fsp3) is 0.0909. The van der Waals surface area contributed by atoms with Gasteiger partial charge in [-0.05, 0) is 35.7 Å². The summed E-state index contributed by atoms with van der Waals surface area (Å²) in [5, 5.41) is 15.2. The largest absolute Gasteiger partial charge is 0.325 e. The molecule has 2 amide bonds. The zero-order chi connectivity index (χ0) is 21.5. The van der Waals surface area contributed by atoms with Gasteiger partial charge in [0.15, 0.2) is 0 Å². The summed E-state index contributed by atoms with van der Waals surface area (Å²) in [6, 6.07) is 20.1. The molecule has 0 spiro atoms. The minimum Gasteiger partial charge on any atom is -0.325 e. The summed E-state index contributed by atoms with van der Waals surface area (Å²) >= 11 is 2.89. The standard InChI is InChI=1S/C22H19N5O2S2/c28-20(14-31-22-25-19(26-27-22)13-16-9-6-12-30-16)24-18-11-5-4-10-17(18)21(29)23-15-7-2-1-3-8-15/h1-12H,13-14H2,(H,23,29)(H,24,28)(H,25,26,27). The number of nitrogens with zero attached hydrogens (tertiary/aromatic N) is 2. The average molecular weight is 450 g/mol. The number of para-hydroxylation sites is 2. The van der Waals surface area contributed by atoms with Crippen LogP contribution in [0.3, 0.4) is 0 Å². The van der Waals surface area contributed by atoms with Crippen molar-refractivity contribution >= 4 is 46.3 Å². The molecule has 31 heavy (non-hydrogen) atoms. The molecule has 0 aliphatic carbocycles. The van der Waals surface area contributed by atoms with E-state index in [0.29, 0.717) is 28.5 Å². The highest BCUT2D eigenvalue weighted by Gasteiger charge is 2.14. The van der Waals surface area contributed by atoms with Crippen molar-refractivity contribution in [2.45, 2.75) is 11.6 Å². The Bertz CT molecular complexity index is 1160. The van der Waals surface area contributed by atoms with Crippen molar-refractivity contribution in [3.8, 4) is 0 Å². The molecular weight excluding hydrogens is 430 g/mol. The number of benzene rings is 2. The normalized spacial score (nSPS) is 10.6. The van der Waals surface area contributed by atoms with Crippen molar-refractivity contribution < 1.29 is 9.59 Å². The van der Waals surface area contributed by atoms with Crippen molar-refractivity contribution in [3.63, 3.8) is 0 Å². The van der Waals surface area contributed by atoms with Crippen LogP contribution >= 0.6 is 23.1 Å². The molecule has 7 nitrogen and oxygen atoms in total. The fourth-order valence-corrected chi connectivity index (χ4v) is 4.15. The van der Waals surface area contributed by atoms with Crippen LogP contribution in [0.4, 0.5) is 11.4 Å². The molecule has 9 heteroatoms. The number of rotatable bonds is 8. The Morgan fingerprint density at radius 3 is 2.58 bits per heavy atom. The van der Waals surface area contributed by atoms with Crippen LogP contribution in [-0.4, -0.2) is 32.7 Å². The summed E-state index contributed by atoms with van der Waals surface area (Å²) in [6.07, 6.45) is 0.682. The highest BCUT2D eigenvalue weighted by Crippen LogP contribution is 2.20. The van der Waals surface area contributed by atoms with Crippen molar-refractivity contribution in [1.29, 1.82) is 0 Å². The molecule has 4 rings (SSSR count). The van der Waals surface area contributed by atoms with Crippen molar-refractivity contribution in [2.75, 3.05) is 16.4 Å². The van der Waals surface area contributed by atoms with Gasteiger partial charge in [-0.3, -0.25) is 14.7 Å². The monoisotopic (exact) mass is 449 g/mol. The molecule has 156 valence electrons. The van der Waals surface area contributed by atoms with E-state index in [1.54, 1.807) is 47.7 Å². The molecule has 0 fully saturated rings. The number of H-pyrrole nitrogens is 1. The average Bonchev–Trinajstić information content (AvgIpc) is 3.46. The molecule has 0 saturated carbocycles. The molecule has 2 aromatic carbocycles. The van der Waals surface area contributed by atoms with Crippen molar-refractivity contribution in [3.05, 3.63) is 88.4 Å². The predicted octanol–water partition coefficient (Wildman–Crippen LogP) is 4.44. The number of hydrogen-bond acceptors (Lipinski definition) is 6. The molecule has 4 aromatic rings. The van der Waals surface area contributed by atoms with Gasteiger partial charge >= 0.3 is 0 Å². The Morgan fingerprint density at radius 2 is 1.77 bits per heavy atom. The van der Waals surface area contributed by atoms with E-state index in [9.17, 15) is 9.59 Å². The number of aromatic nitrogens is 3. The van der Waals surface area contributed by atoms with E-state index < -0.39 is 0 Å². The Labute approximate surface area is 187 Å². The summed E-state index contributed by atoms with van der Waals surface area (Å²) in [7, 11) is 0. The van der Waals surface area contributed by atoms with Crippen molar-refractivity contribution in [1.82, 2.24) is 15.2 Å². The van der Waals surface area contributed by atoms with Crippen LogP contribution in [0.5, 0.6) is 0 Å². The molecule has 2 heterocycles. The number of anilines is 2. The van der Waals surface area contributed by atoms with E-state index in [1.165, 1.54) is 16.6 Å². The minimum atomic E-state index is -0.290. The van der Waals surface area contributed by atoms with Crippen LogP contribution in [0, 0.1) is 0 Å². The van der Waals surface area contributed by atoms with Gasteiger partial charge in [-0.1, -0.05) is 48.2 Å². The lowest BCUT2D eigenvalue weighted by Crippen LogP contribution is -2.19. The first-order valence-corrected chi connectivity index (χ1v) is 11.4. The Balaban J connectivity index is 1.34. The van der Waals surface area contributed by atoms with E-state index in [4.69, 9.17) is 0 Å². The third-order valence-electron chi connectivity index (χ3n) is 4.24. The first-order chi connectivity index (χ1) is 15.2. The van der Waals surface area contributed by atoms with Crippen LogP contribution in [-0.2, 0) is 11.2 Å². The highest BCUT2D eigenvalue weighted by molar-refractivity contribution is 7.99. The maximum atomic E-state index is 12.6. The number of carbonyl (C=O) groups is 2. The summed E-state index contributed by atoms with van der Waals surface area (Å²) in [4.78, 5) is 30.7. The molecular formula is C22H19N5O2S2. The quantitative estimate of drug-likeness (QED) is 0.345. The second-order valence-corrected chi connectivity index (χ2v) is 8.50. The van der Waals surface area contributed by atoms with Gasteiger partial charge in [0.25, 0.3) is 5.91 Å². The SMILES string of the molecule is O=C(CSc1n[nH]c(Cc2cccs2)n1)Nc1ccccc1C(=O)Nc1ccccc1. The lowest BCUT2D eigenvalue weighted by molar-refractivity contribution is -0.113. The number of carbonyl (C=O) groups excluding carboxylic acids is 2. The number of thiophene rings is 1. The number of hydrogen-bond donors (Lipinski definition) is 3. The summed E-state index contributed by atoms with van der Waals surface area (Å²) in [5.74, 6) is 0.357. The first kappa shape index (κ1) is 20.8. The van der Waals surface area contributed by atoms with E-state index in [2.05, 4.69) is 25.8 Å². The Hall–Kier alpha value is -3.43. The molecule has 0 unspecified atom stereocenters. The van der Waals surface area contributed by atoms with E-state index in [0.717, 1.165) is 5.82 Å². The highest BCUT2D eigenvalue weighted by atomic mass is 32.2. The van der Waals surface area contributed by atoms with Gasteiger partial charge in [0.05, 0.1) is 17.0 Å². The third-order valence-corrected chi connectivity index (χ3v) is 5.97. The second kappa shape index (κ2) is 10.1. The molecule has 2 aromatic heterocycles. The van der Waals surface area contributed by atoms with Crippen LogP contribution in [0.25, 0.3) is 0 Å². The maximum absolute atomic E-state index is 12.6. The predicted molar refractivity (Wildman–Crippen MR) is 124 cm³/mol. The third kappa shape index (κ3) is 5.80. The summed E-state index contributed by atoms with van der Waals surface area (Å²) < 4.78 is 0. The maximum Gasteiger partial charge on any atom is 0.257 e. The van der Waals surface area contributed by atoms with Gasteiger partial charge < -0.3 is 10.6 Å². The van der Waals surface area contributed by atoms with Crippen LogP contribution < -0.4 is 10.6 Å². The van der Waals surface area contributed by atoms with Gasteiger partial charge in [-0.15, -0.1) is 16.4 Å². The summed E-state index contributed by atoms with van der Waals surface area (Å²) in [6.45, 7) is 0. The Kier molecular flexibility index (Phi) is 6.75. The molecule has 0 aliphatic heterocycles. The van der Waals surface area contributed by atoms with E-state index >= 15 is 0 Å². The number of amides is 2. The number of thioether (sulfide) groups is 1. The molecule has 0 bridgehead atoms. The van der Waals surface area contributed by atoms with Crippen LogP contribution in [0.15, 0.2) is 77.3 Å². The topological polar surface area (TPSA) is 99.8 Å². The van der Waals surface area contributed by atoms with Gasteiger partial charge in [-0.2, -0.15) is 0 Å². The van der Waals surface area contributed by atoms with Crippen LogP contribution in [0.2, 0.25) is 0 Å². The molecule has 0 saturated heterocycles. The van der Waals surface area contributed by atoms with E-state index in [-0.39, 0.29) is 17.6 Å². The van der Waals surface area contributed by atoms with E-state index in [1.807, 2.05) is 35.7 Å². The number of nitrogens with one attached hydrogen (secondary N) is 3. The zero-order valence-electron chi connectivity index (χ0n) is 16.4. The van der Waals surface area contributed by atoms with Gasteiger partial charge in [-0.25, -0.2) is 4.98 Å². The summed E-state index contributed by atoms with van der Waals surface area (Å²) in [5.41, 5.74) is 1.53. The van der Waals surface area contributed by atoms with Crippen molar-refractivity contribution in [2.24, 2.45) is 0 Å². The van der Waals surface area contributed by atoms with Gasteiger partial charge in [0.1, 0.15) is 5.82 Å². The second-order valence-electron chi connectivity index (χ2n) is 6.52.